The summed E-state index contributed by atoms with van der Waals surface area (Å²) in [6.07, 6.45) is 5.53. The van der Waals surface area contributed by atoms with E-state index in [0.29, 0.717) is 12.1 Å². The molecule has 0 aliphatic carbocycles. The largest absolute Gasteiger partial charge is 0.317 e. The minimum atomic E-state index is 0.456. The Balaban J connectivity index is 2.55. The normalized spacial score (nSPS) is 13.4. The van der Waals surface area contributed by atoms with Gasteiger partial charge in [0.1, 0.15) is 0 Å². The molecule has 0 saturated heterocycles. The predicted octanol–water partition coefficient (Wildman–Crippen LogP) is 2.39. The highest BCUT2D eigenvalue weighted by molar-refractivity contribution is 5.02. The van der Waals surface area contributed by atoms with E-state index in [1.54, 1.807) is 0 Å². The van der Waals surface area contributed by atoms with E-state index >= 15 is 0 Å². The van der Waals surface area contributed by atoms with Crippen LogP contribution in [0.3, 0.4) is 0 Å². The summed E-state index contributed by atoms with van der Waals surface area (Å²) >= 11 is 0. The fraction of sp³-hybridized carbons (Fsp3) is 0.750. The molecule has 0 bridgehead atoms. The standard InChI is InChI=1S/C12H23N3/c1-5-6-11(13-4)9-12-7-8-15(14-12)10(2)3/h7-8,10-11,13H,5-6,9H2,1-4H3. The van der Waals surface area contributed by atoms with Gasteiger partial charge in [0.25, 0.3) is 0 Å². The number of hydrogen-bond acceptors (Lipinski definition) is 2. The lowest BCUT2D eigenvalue weighted by molar-refractivity contribution is 0.490. The van der Waals surface area contributed by atoms with Crippen molar-refractivity contribution >= 4 is 0 Å². The van der Waals surface area contributed by atoms with Crippen LogP contribution in [0.2, 0.25) is 0 Å². The molecule has 15 heavy (non-hydrogen) atoms. The van der Waals surface area contributed by atoms with Crippen LogP contribution in [0.25, 0.3) is 0 Å². The summed E-state index contributed by atoms with van der Waals surface area (Å²) in [4.78, 5) is 0. The summed E-state index contributed by atoms with van der Waals surface area (Å²) < 4.78 is 2.02. The van der Waals surface area contributed by atoms with Gasteiger partial charge in [0.05, 0.1) is 5.69 Å². The first kappa shape index (κ1) is 12.2. The average Bonchev–Trinajstić information content (AvgIpc) is 2.65. The van der Waals surface area contributed by atoms with Crippen molar-refractivity contribution in [2.24, 2.45) is 0 Å². The Labute approximate surface area is 92.9 Å². The number of hydrogen-bond donors (Lipinski definition) is 1. The van der Waals surface area contributed by atoms with Crippen LogP contribution in [0.15, 0.2) is 12.3 Å². The van der Waals surface area contributed by atoms with E-state index in [1.165, 1.54) is 18.5 Å². The molecule has 1 aromatic heterocycles. The third-order valence-corrected chi connectivity index (χ3v) is 2.69. The molecule has 3 heteroatoms. The molecule has 1 aromatic rings. The Bertz CT molecular complexity index is 278. The molecule has 0 fully saturated rings. The Hall–Kier alpha value is -0.830. The summed E-state index contributed by atoms with van der Waals surface area (Å²) in [6, 6.07) is 3.14. The maximum atomic E-state index is 4.56. The third kappa shape index (κ3) is 3.67. The average molecular weight is 209 g/mol. The van der Waals surface area contributed by atoms with Gasteiger partial charge in [-0.1, -0.05) is 13.3 Å². The minimum Gasteiger partial charge on any atom is -0.317 e. The van der Waals surface area contributed by atoms with Gasteiger partial charge in [0.2, 0.25) is 0 Å². The van der Waals surface area contributed by atoms with Crippen LogP contribution in [0.1, 0.15) is 45.3 Å². The summed E-state index contributed by atoms with van der Waals surface area (Å²) in [5, 5.41) is 7.90. The van der Waals surface area contributed by atoms with Crippen molar-refractivity contribution in [2.75, 3.05) is 7.05 Å². The molecule has 1 rings (SSSR count). The summed E-state index contributed by atoms with van der Waals surface area (Å²) in [7, 11) is 2.03. The van der Waals surface area contributed by atoms with E-state index < -0.39 is 0 Å². The zero-order valence-corrected chi connectivity index (χ0v) is 10.3. The lowest BCUT2D eigenvalue weighted by atomic mass is 10.1. The molecule has 0 saturated carbocycles. The number of aromatic nitrogens is 2. The van der Waals surface area contributed by atoms with Crippen LogP contribution in [0.5, 0.6) is 0 Å². The molecule has 1 heterocycles. The van der Waals surface area contributed by atoms with Crippen LogP contribution < -0.4 is 5.32 Å². The van der Waals surface area contributed by atoms with Crippen molar-refractivity contribution < 1.29 is 0 Å². The molecule has 1 N–H and O–H groups in total. The van der Waals surface area contributed by atoms with E-state index in [9.17, 15) is 0 Å². The molecule has 0 aromatic carbocycles. The maximum Gasteiger partial charge on any atom is 0.0640 e. The van der Waals surface area contributed by atoms with Crippen LogP contribution in [0.4, 0.5) is 0 Å². The lowest BCUT2D eigenvalue weighted by Crippen LogP contribution is -2.27. The van der Waals surface area contributed by atoms with E-state index in [4.69, 9.17) is 0 Å². The topological polar surface area (TPSA) is 29.9 Å². The van der Waals surface area contributed by atoms with Gasteiger partial charge in [0.15, 0.2) is 0 Å². The molecule has 0 aliphatic rings. The zero-order valence-electron chi connectivity index (χ0n) is 10.3. The highest BCUT2D eigenvalue weighted by Crippen LogP contribution is 2.08. The van der Waals surface area contributed by atoms with Crippen molar-refractivity contribution in [2.45, 2.75) is 52.1 Å². The van der Waals surface area contributed by atoms with Crippen molar-refractivity contribution in [3.63, 3.8) is 0 Å². The fourth-order valence-electron chi connectivity index (χ4n) is 1.72. The quantitative estimate of drug-likeness (QED) is 0.779. The Morgan fingerprint density at radius 1 is 1.47 bits per heavy atom. The molecular weight excluding hydrogens is 186 g/mol. The van der Waals surface area contributed by atoms with E-state index in [2.05, 4.69) is 43.4 Å². The van der Waals surface area contributed by atoms with Crippen LogP contribution in [-0.4, -0.2) is 22.9 Å². The molecule has 3 nitrogen and oxygen atoms in total. The van der Waals surface area contributed by atoms with Gasteiger partial charge in [0, 0.05) is 24.7 Å². The number of nitrogens with zero attached hydrogens (tertiary/aromatic N) is 2. The SMILES string of the molecule is CCCC(Cc1ccn(C(C)C)n1)NC. The molecule has 86 valence electrons. The van der Waals surface area contributed by atoms with Crippen LogP contribution in [-0.2, 0) is 6.42 Å². The predicted molar refractivity (Wildman–Crippen MR) is 64.1 cm³/mol. The molecule has 0 spiro atoms. The molecule has 0 radical (unpaired) electrons. The van der Waals surface area contributed by atoms with Crippen molar-refractivity contribution in [3.8, 4) is 0 Å². The maximum absolute atomic E-state index is 4.56. The highest BCUT2D eigenvalue weighted by atomic mass is 15.3. The smallest absolute Gasteiger partial charge is 0.0640 e. The molecular formula is C12H23N3. The Kier molecular flexibility index (Phi) is 4.82. The minimum absolute atomic E-state index is 0.456. The number of nitrogens with one attached hydrogen (secondary N) is 1. The first-order valence-corrected chi connectivity index (χ1v) is 5.88. The lowest BCUT2D eigenvalue weighted by Gasteiger charge is -2.13. The number of likely N-dealkylation sites (N-methyl/N-ethyl adjacent to an activating group) is 1. The van der Waals surface area contributed by atoms with Gasteiger partial charge in [-0.05, 0) is 33.4 Å². The van der Waals surface area contributed by atoms with Gasteiger partial charge in [-0.2, -0.15) is 5.10 Å². The van der Waals surface area contributed by atoms with Crippen LogP contribution in [0, 0.1) is 0 Å². The molecule has 1 atom stereocenters. The van der Waals surface area contributed by atoms with E-state index in [1.807, 2.05) is 11.7 Å². The third-order valence-electron chi connectivity index (χ3n) is 2.69. The zero-order chi connectivity index (χ0) is 11.3. The van der Waals surface area contributed by atoms with Crippen LogP contribution >= 0.6 is 0 Å². The summed E-state index contributed by atoms with van der Waals surface area (Å²) in [6.45, 7) is 6.52. The van der Waals surface area contributed by atoms with Gasteiger partial charge in [-0.15, -0.1) is 0 Å². The van der Waals surface area contributed by atoms with E-state index in [0.717, 1.165) is 6.42 Å². The first-order valence-electron chi connectivity index (χ1n) is 5.88. The second-order valence-corrected chi connectivity index (χ2v) is 4.36. The van der Waals surface area contributed by atoms with Gasteiger partial charge < -0.3 is 5.32 Å². The van der Waals surface area contributed by atoms with Crippen molar-refractivity contribution in [1.82, 2.24) is 15.1 Å². The fourth-order valence-corrected chi connectivity index (χ4v) is 1.72. The van der Waals surface area contributed by atoms with Gasteiger partial charge in [-0.3, -0.25) is 4.68 Å². The van der Waals surface area contributed by atoms with Gasteiger partial charge in [-0.25, -0.2) is 0 Å². The molecule has 0 amide bonds. The Morgan fingerprint density at radius 2 is 2.20 bits per heavy atom. The summed E-state index contributed by atoms with van der Waals surface area (Å²) in [5.41, 5.74) is 1.19. The monoisotopic (exact) mass is 209 g/mol. The van der Waals surface area contributed by atoms with E-state index in [-0.39, 0.29) is 0 Å². The second kappa shape index (κ2) is 5.91. The molecule has 0 aliphatic heterocycles. The number of rotatable bonds is 6. The van der Waals surface area contributed by atoms with Crippen molar-refractivity contribution in [1.29, 1.82) is 0 Å². The van der Waals surface area contributed by atoms with Crippen molar-refractivity contribution in [3.05, 3.63) is 18.0 Å². The highest BCUT2D eigenvalue weighted by Gasteiger charge is 2.08. The van der Waals surface area contributed by atoms with Gasteiger partial charge >= 0.3 is 0 Å². The first-order chi connectivity index (χ1) is 7.17. The Morgan fingerprint density at radius 3 is 2.67 bits per heavy atom. The summed E-state index contributed by atoms with van der Waals surface area (Å²) in [5.74, 6) is 0. The second-order valence-electron chi connectivity index (χ2n) is 4.36. The molecule has 1 unspecified atom stereocenters.